The van der Waals surface area contributed by atoms with Crippen molar-refractivity contribution < 1.29 is 9.53 Å². The van der Waals surface area contributed by atoms with Crippen molar-refractivity contribution in [2.75, 3.05) is 6.61 Å². The van der Waals surface area contributed by atoms with Gasteiger partial charge in [0.15, 0.2) is 6.61 Å². The van der Waals surface area contributed by atoms with Crippen LogP contribution in [0.2, 0.25) is 0 Å². The number of fused-ring (bicyclic) bond motifs is 1. The molecule has 0 aliphatic heterocycles. The first-order chi connectivity index (χ1) is 8.74. The maximum atomic E-state index is 11.1. The third-order valence-corrected chi connectivity index (χ3v) is 2.66. The number of benzene rings is 1. The summed E-state index contributed by atoms with van der Waals surface area (Å²) >= 11 is 0. The van der Waals surface area contributed by atoms with Crippen molar-refractivity contribution in [1.29, 1.82) is 0 Å². The van der Waals surface area contributed by atoms with Crippen LogP contribution in [0.3, 0.4) is 0 Å². The maximum Gasteiger partial charge on any atom is 0.242 e. The number of ether oxygens (including phenoxy) is 1. The minimum absolute atomic E-state index is 0.116. The Morgan fingerprint density at radius 1 is 1.50 bits per heavy atom. The summed E-state index contributed by atoms with van der Waals surface area (Å²) in [5, 5.41) is 1.00. The minimum atomic E-state index is -0.374. The molecule has 3 heteroatoms. The van der Waals surface area contributed by atoms with Gasteiger partial charge in [0.1, 0.15) is 11.3 Å². The van der Waals surface area contributed by atoms with Gasteiger partial charge in [-0.05, 0) is 36.1 Å². The van der Waals surface area contributed by atoms with E-state index in [1.807, 2.05) is 24.1 Å². The molecule has 3 nitrogen and oxygen atoms in total. The number of carbonyl (C=O) groups excluding carboxylic acids is 1. The summed E-state index contributed by atoms with van der Waals surface area (Å²) in [5.41, 5.74) is 1.89. The monoisotopic (exact) mass is 239 g/mol. The molecule has 1 heterocycles. The van der Waals surface area contributed by atoms with Gasteiger partial charge in [-0.2, -0.15) is 0 Å². The lowest BCUT2D eigenvalue weighted by molar-refractivity contribution is -0.115. The topological polar surface area (TPSA) is 39.2 Å². The molecule has 0 N–H and O–H groups in total. The van der Waals surface area contributed by atoms with E-state index >= 15 is 0 Å². The van der Waals surface area contributed by atoms with Gasteiger partial charge < -0.3 is 4.74 Å². The second kappa shape index (κ2) is 5.33. The van der Waals surface area contributed by atoms with Gasteiger partial charge in [-0.25, -0.2) is 0 Å². The van der Waals surface area contributed by atoms with Gasteiger partial charge in [0.2, 0.25) is 5.78 Å². The highest BCUT2D eigenvalue weighted by Crippen LogP contribution is 2.25. The summed E-state index contributed by atoms with van der Waals surface area (Å²) in [7, 11) is 0. The quantitative estimate of drug-likeness (QED) is 0.607. The van der Waals surface area contributed by atoms with E-state index in [1.54, 1.807) is 6.20 Å². The predicted octanol–water partition coefficient (Wildman–Crippen LogP) is 2.38. The van der Waals surface area contributed by atoms with Crippen LogP contribution >= 0.6 is 0 Å². The van der Waals surface area contributed by atoms with Crippen molar-refractivity contribution in [3.63, 3.8) is 0 Å². The number of ketones is 1. The normalized spacial score (nSPS) is 10.0. The molecule has 0 aliphatic rings. The van der Waals surface area contributed by atoms with Crippen molar-refractivity contribution in [2.45, 2.75) is 13.3 Å². The van der Waals surface area contributed by atoms with E-state index in [1.165, 1.54) is 0 Å². The molecule has 0 atom stereocenters. The molecule has 0 radical (unpaired) electrons. The molecule has 90 valence electrons. The van der Waals surface area contributed by atoms with Crippen LogP contribution in [0.1, 0.15) is 12.5 Å². The van der Waals surface area contributed by atoms with E-state index < -0.39 is 0 Å². The zero-order chi connectivity index (χ0) is 13.0. The van der Waals surface area contributed by atoms with E-state index in [4.69, 9.17) is 11.2 Å². The molecule has 0 spiro atoms. The highest BCUT2D eigenvalue weighted by Gasteiger charge is 2.07. The largest absolute Gasteiger partial charge is 0.482 e. The zero-order valence-electron chi connectivity index (χ0n) is 10.1. The highest BCUT2D eigenvalue weighted by atomic mass is 16.5. The molecular weight excluding hydrogens is 226 g/mol. The summed E-state index contributed by atoms with van der Waals surface area (Å²) in [5.74, 6) is 2.26. The van der Waals surface area contributed by atoms with Crippen molar-refractivity contribution in [2.24, 2.45) is 0 Å². The summed E-state index contributed by atoms with van der Waals surface area (Å²) in [6, 6.07) is 7.81. The summed E-state index contributed by atoms with van der Waals surface area (Å²) < 4.78 is 5.46. The fraction of sp³-hybridized carbons (Fsp3) is 0.200. The van der Waals surface area contributed by atoms with E-state index in [0.29, 0.717) is 5.75 Å². The molecule has 0 amide bonds. The molecule has 1 aromatic carbocycles. The van der Waals surface area contributed by atoms with Crippen LogP contribution in [0.25, 0.3) is 10.9 Å². The van der Waals surface area contributed by atoms with Crippen molar-refractivity contribution >= 4 is 16.7 Å². The molecule has 2 rings (SSSR count). The van der Waals surface area contributed by atoms with E-state index in [9.17, 15) is 4.79 Å². The van der Waals surface area contributed by atoms with Crippen LogP contribution in [0.4, 0.5) is 0 Å². The number of rotatable bonds is 4. The Morgan fingerprint density at radius 2 is 2.33 bits per heavy atom. The fourth-order valence-corrected chi connectivity index (χ4v) is 1.72. The Labute approximate surface area is 106 Å². The molecule has 0 bridgehead atoms. The maximum absolute atomic E-state index is 11.1. The number of hydrogen-bond donors (Lipinski definition) is 0. The smallest absolute Gasteiger partial charge is 0.242 e. The van der Waals surface area contributed by atoms with Crippen molar-refractivity contribution in [3.8, 4) is 18.1 Å². The van der Waals surface area contributed by atoms with Crippen LogP contribution in [0.15, 0.2) is 30.5 Å². The first-order valence-electron chi connectivity index (χ1n) is 5.74. The SMILES string of the molecule is C#CC(=O)COc1cc(CC)cc2cccnc12. The van der Waals surface area contributed by atoms with Crippen molar-refractivity contribution in [3.05, 3.63) is 36.0 Å². The standard InChI is InChI=1S/C15H13NO2/c1-3-11-8-12-6-5-7-16-15(12)14(9-11)18-10-13(17)4-2/h2,5-9H,3,10H2,1H3. The van der Waals surface area contributed by atoms with Gasteiger partial charge in [0.05, 0.1) is 0 Å². The van der Waals surface area contributed by atoms with Gasteiger partial charge in [0, 0.05) is 11.6 Å². The molecule has 2 aromatic rings. The Kier molecular flexibility index (Phi) is 3.59. The van der Waals surface area contributed by atoms with Crippen molar-refractivity contribution in [1.82, 2.24) is 4.98 Å². The molecule has 18 heavy (non-hydrogen) atoms. The van der Waals surface area contributed by atoms with Gasteiger partial charge in [-0.3, -0.25) is 9.78 Å². The molecule has 1 aromatic heterocycles. The van der Waals surface area contributed by atoms with Gasteiger partial charge in [-0.1, -0.05) is 13.0 Å². The highest BCUT2D eigenvalue weighted by molar-refractivity contribution is 5.96. The minimum Gasteiger partial charge on any atom is -0.482 e. The molecular formula is C15H13NO2. The lowest BCUT2D eigenvalue weighted by atomic mass is 10.1. The number of aromatic nitrogens is 1. The van der Waals surface area contributed by atoms with Gasteiger partial charge in [-0.15, -0.1) is 6.42 Å². The van der Waals surface area contributed by atoms with Crippen LogP contribution in [0.5, 0.6) is 5.75 Å². The fourth-order valence-electron chi connectivity index (χ4n) is 1.72. The molecule has 0 aliphatic carbocycles. The third-order valence-electron chi connectivity index (χ3n) is 2.66. The number of Topliss-reactive ketones (excluding diaryl/α,β-unsaturated/α-hetero) is 1. The Bertz CT molecular complexity index is 626. The van der Waals surface area contributed by atoms with E-state index in [2.05, 4.69) is 18.0 Å². The first kappa shape index (κ1) is 12.1. The average molecular weight is 239 g/mol. The number of hydrogen-bond acceptors (Lipinski definition) is 3. The Balaban J connectivity index is 2.41. The average Bonchev–Trinajstić information content (AvgIpc) is 2.43. The summed E-state index contributed by atoms with van der Waals surface area (Å²) in [6.45, 7) is 1.95. The van der Waals surface area contributed by atoms with E-state index in [-0.39, 0.29) is 12.4 Å². The number of carbonyl (C=O) groups is 1. The van der Waals surface area contributed by atoms with Gasteiger partial charge >= 0.3 is 0 Å². The summed E-state index contributed by atoms with van der Waals surface area (Å²) in [6.07, 6.45) is 7.60. The van der Waals surface area contributed by atoms with Gasteiger partial charge in [0.25, 0.3) is 0 Å². The Morgan fingerprint density at radius 3 is 3.06 bits per heavy atom. The number of terminal acetylenes is 1. The number of aryl methyl sites for hydroxylation is 1. The second-order valence-corrected chi connectivity index (χ2v) is 3.88. The second-order valence-electron chi connectivity index (χ2n) is 3.88. The van der Waals surface area contributed by atoms with Crippen LogP contribution in [-0.4, -0.2) is 17.4 Å². The number of nitrogens with zero attached hydrogens (tertiary/aromatic N) is 1. The molecule has 0 saturated carbocycles. The van der Waals surface area contributed by atoms with E-state index in [0.717, 1.165) is 22.9 Å². The molecule has 0 saturated heterocycles. The molecule has 0 fully saturated rings. The summed E-state index contributed by atoms with van der Waals surface area (Å²) in [4.78, 5) is 15.4. The van der Waals surface area contributed by atoms with Crippen LogP contribution < -0.4 is 4.74 Å². The first-order valence-corrected chi connectivity index (χ1v) is 5.74. The molecule has 0 unspecified atom stereocenters. The lowest BCUT2D eigenvalue weighted by Crippen LogP contribution is -2.09. The third kappa shape index (κ3) is 2.49. The lowest BCUT2D eigenvalue weighted by Gasteiger charge is -2.09. The van der Waals surface area contributed by atoms with Crippen LogP contribution in [0, 0.1) is 12.3 Å². The van der Waals surface area contributed by atoms with Crippen LogP contribution in [-0.2, 0) is 11.2 Å². The predicted molar refractivity (Wildman–Crippen MR) is 70.5 cm³/mol. The zero-order valence-corrected chi connectivity index (χ0v) is 10.1. The number of pyridine rings is 1. The Hall–Kier alpha value is -2.34.